The van der Waals surface area contributed by atoms with Crippen LogP contribution in [-0.2, 0) is 0 Å². The van der Waals surface area contributed by atoms with Crippen molar-refractivity contribution in [1.29, 1.82) is 0 Å². The second-order valence-electron chi connectivity index (χ2n) is 3.89. The van der Waals surface area contributed by atoms with Gasteiger partial charge in [-0.1, -0.05) is 0 Å². The summed E-state index contributed by atoms with van der Waals surface area (Å²) in [5, 5.41) is 29.2. The van der Waals surface area contributed by atoms with Crippen LogP contribution in [-0.4, -0.2) is 55.7 Å². The van der Waals surface area contributed by atoms with Gasteiger partial charge in [0.1, 0.15) is 5.69 Å². The standard InChI is InChI=1S/C12H18N2O6/c1-19-11-7-9(13(3-5-15)4-6-16)10(14(17)18)8-12(11)20-2/h7-8,15-16H,3-6H2,1-2H3. The summed E-state index contributed by atoms with van der Waals surface area (Å²) >= 11 is 0. The molecule has 1 aromatic rings. The van der Waals surface area contributed by atoms with Gasteiger partial charge in [-0.2, -0.15) is 0 Å². The predicted molar refractivity (Wildman–Crippen MR) is 72.6 cm³/mol. The summed E-state index contributed by atoms with van der Waals surface area (Å²) in [4.78, 5) is 12.1. The van der Waals surface area contributed by atoms with Gasteiger partial charge < -0.3 is 24.6 Å². The van der Waals surface area contributed by atoms with Gasteiger partial charge in [0.25, 0.3) is 5.69 Å². The first kappa shape index (κ1) is 16.0. The van der Waals surface area contributed by atoms with E-state index in [2.05, 4.69) is 0 Å². The molecule has 0 aliphatic carbocycles. The number of ether oxygens (including phenoxy) is 2. The molecule has 0 atom stereocenters. The van der Waals surface area contributed by atoms with Crippen LogP contribution in [0.4, 0.5) is 11.4 Å². The van der Waals surface area contributed by atoms with Crippen molar-refractivity contribution in [1.82, 2.24) is 0 Å². The average molecular weight is 286 g/mol. The van der Waals surface area contributed by atoms with Gasteiger partial charge in [0.15, 0.2) is 11.5 Å². The summed E-state index contributed by atoms with van der Waals surface area (Å²) in [6.07, 6.45) is 0. The van der Waals surface area contributed by atoms with Crippen LogP contribution in [0.15, 0.2) is 12.1 Å². The van der Waals surface area contributed by atoms with Crippen molar-refractivity contribution < 1.29 is 24.6 Å². The minimum Gasteiger partial charge on any atom is -0.493 e. The summed E-state index contributed by atoms with van der Waals surface area (Å²) in [6.45, 7) is -0.0508. The third-order valence-corrected chi connectivity index (χ3v) is 2.76. The highest BCUT2D eigenvalue weighted by molar-refractivity contribution is 5.69. The van der Waals surface area contributed by atoms with Crippen LogP contribution >= 0.6 is 0 Å². The fourth-order valence-corrected chi connectivity index (χ4v) is 1.85. The van der Waals surface area contributed by atoms with Gasteiger partial charge in [0.2, 0.25) is 0 Å². The normalized spacial score (nSPS) is 10.2. The highest BCUT2D eigenvalue weighted by Gasteiger charge is 2.23. The SMILES string of the molecule is COc1cc(N(CCO)CCO)c([N+](=O)[O-])cc1OC. The van der Waals surface area contributed by atoms with Crippen molar-refractivity contribution in [3.63, 3.8) is 0 Å². The molecule has 8 nitrogen and oxygen atoms in total. The van der Waals surface area contributed by atoms with Gasteiger partial charge in [-0.05, 0) is 0 Å². The van der Waals surface area contributed by atoms with Gasteiger partial charge in [0, 0.05) is 19.2 Å². The lowest BCUT2D eigenvalue weighted by Gasteiger charge is -2.23. The monoisotopic (exact) mass is 286 g/mol. The number of hydrogen-bond donors (Lipinski definition) is 2. The molecule has 0 unspecified atom stereocenters. The Balaban J connectivity index is 3.36. The molecule has 1 rings (SSSR count). The van der Waals surface area contributed by atoms with Crippen molar-refractivity contribution in [2.45, 2.75) is 0 Å². The zero-order valence-corrected chi connectivity index (χ0v) is 11.4. The smallest absolute Gasteiger partial charge is 0.296 e. The summed E-state index contributed by atoms with van der Waals surface area (Å²) in [5.41, 5.74) is 0.0836. The molecule has 20 heavy (non-hydrogen) atoms. The number of aliphatic hydroxyl groups excluding tert-OH is 2. The molecule has 0 amide bonds. The summed E-state index contributed by atoms with van der Waals surface area (Å²) in [5.74, 6) is 0.588. The fraction of sp³-hybridized carbons (Fsp3) is 0.500. The molecule has 112 valence electrons. The number of benzene rings is 1. The quantitative estimate of drug-likeness (QED) is 0.526. The van der Waals surface area contributed by atoms with E-state index in [1.54, 1.807) is 0 Å². The summed E-state index contributed by atoms with van der Waals surface area (Å²) in [6, 6.07) is 2.72. The van der Waals surface area contributed by atoms with Crippen molar-refractivity contribution in [2.75, 3.05) is 45.4 Å². The molecule has 2 N–H and O–H groups in total. The van der Waals surface area contributed by atoms with E-state index in [1.165, 1.54) is 31.3 Å². The molecule has 0 saturated carbocycles. The van der Waals surface area contributed by atoms with Gasteiger partial charge >= 0.3 is 0 Å². The topological polar surface area (TPSA) is 105 Å². The summed E-state index contributed by atoms with van der Waals surface area (Å²) < 4.78 is 10.2. The Morgan fingerprint density at radius 2 is 1.65 bits per heavy atom. The lowest BCUT2D eigenvalue weighted by atomic mass is 10.2. The van der Waals surface area contributed by atoms with Crippen LogP contribution in [0, 0.1) is 10.1 Å². The Labute approximate surface area is 116 Å². The van der Waals surface area contributed by atoms with Gasteiger partial charge in [-0.15, -0.1) is 0 Å². The summed E-state index contributed by atoms with van der Waals surface area (Å²) in [7, 11) is 2.82. The first-order valence-corrected chi connectivity index (χ1v) is 5.96. The molecule has 0 fully saturated rings. The molecule has 0 bridgehead atoms. The van der Waals surface area contributed by atoms with E-state index >= 15 is 0 Å². The molecule has 0 aliphatic heterocycles. The van der Waals surface area contributed by atoms with E-state index < -0.39 is 4.92 Å². The molecule has 0 spiro atoms. The Bertz CT molecular complexity index is 460. The van der Waals surface area contributed by atoms with Crippen molar-refractivity contribution >= 4 is 11.4 Å². The van der Waals surface area contributed by atoms with Crippen LogP contribution in [0.3, 0.4) is 0 Å². The van der Waals surface area contributed by atoms with E-state index in [9.17, 15) is 10.1 Å². The molecule has 0 heterocycles. The van der Waals surface area contributed by atoms with Crippen LogP contribution in [0.25, 0.3) is 0 Å². The molecule has 0 saturated heterocycles. The number of anilines is 1. The predicted octanol–water partition coefficient (Wildman–Crippen LogP) is 0.403. The van der Waals surface area contributed by atoms with Gasteiger partial charge in [0.05, 0.1) is 38.4 Å². The number of rotatable bonds is 8. The number of hydrogen-bond acceptors (Lipinski definition) is 7. The maximum absolute atomic E-state index is 11.2. The number of methoxy groups -OCH3 is 2. The fourth-order valence-electron chi connectivity index (χ4n) is 1.85. The second-order valence-corrected chi connectivity index (χ2v) is 3.89. The zero-order chi connectivity index (χ0) is 15.1. The highest BCUT2D eigenvalue weighted by Crippen LogP contribution is 2.39. The minimum atomic E-state index is -0.543. The third-order valence-electron chi connectivity index (χ3n) is 2.76. The molecular weight excluding hydrogens is 268 g/mol. The van der Waals surface area contributed by atoms with Crippen LogP contribution in [0.2, 0.25) is 0 Å². The van der Waals surface area contributed by atoms with Gasteiger partial charge in [-0.3, -0.25) is 10.1 Å². The Morgan fingerprint density at radius 1 is 1.15 bits per heavy atom. The van der Waals surface area contributed by atoms with E-state index in [0.29, 0.717) is 5.75 Å². The lowest BCUT2D eigenvalue weighted by Crippen LogP contribution is -2.30. The first-order chi connectivity index (χ1) is 9.58. The van der Waals surface area contributed by atoms with Crippen LogP contribution < -0.4 is 14.4 Å². The molecule has 0 aliphatic rings. The maximum atomic E-state index is 11.2. The van der Waals surface area contributed by atoms with E-state index in [4.69, 9.17) is 19.7 Å². The van der Waals surface area contributed by atoms with E-state index in [-0.39, 0.29) is 43.4 Å². The molecular formula is C12H18N2O6. The van der Waals surface area contributed by atoms with E-state index in [0.717, 1.165) is 0 Å². The van der Waals surface area contributed by atoms with Crippen LogP contribution in [0.1, 0.15) is 0 Å². The third kappa shape index (κ3) is 3.49. The second kappa shape index (κ2) is 7.51. The van der Waals surface area contributed by atoms with E-state index in [1.807, 2.05) is 0 Å². The molecule has 1 aromatic carbocycles. The molecule has 8 heteroatoms. The van der Waals surface area contributed by atoms with Gasteiger partial charge in [-0.25, -0.2) is 0 Å². The average Bonchev–Trinajstić information content (AvgIpc) is 2.45. The molecule has 0 radical (unpaired) electrons. The number of nitrogens with zero attached hydrogens (tertiary/aromatic N) is 2. The maximum Gasteiger partial charge on any atom is 0.296 e. The lowest BCUT2D eigenvalue weighted by molar-refractivity contribution is -0.384. The molecule has 0 aromatic heterocycles. The Morgan fingerprint density at radius 3 is 2.05 bits per heavy atom. The van der Waals surface area contributed by atoms with Crippen molar-refractivity contribution in [2.24, 2.45) is 0 Å². The largest absolute Gasteiger partial charge is 0.493 e. The number of nitro groups is 1. The first-order valence-electron chi connectivity index (χ1n) is 5.96. The van der Waals surface area contributed by atoms with Crippen molar-refractivity contribution in [3.05, 3.63) is 22.2 Å². The highest BCUT2D eigenvalue weighted by atomic mass is 16.6. The Kier molecular flexibility index (Phi) is 6.01. The number of nitro benzene ring substituents is 1. The van der Waals surface area contributed by atoms with Crippen molar-refractivity contribution in [3.8, 4) is 11.5 Å². The Hall–Kier alpha value is -2.06. The minimum absolute atomic E-state index is 0.164. The zero-order valence-electron chi connectivity index (χ0n) is 11.4. The van der Waals surface area contributed by atoms with Crippen LogP contribution in [0.5, 0.6) is 11.5 Å². The number of aliphatic hydroxyl groups is 2.